The Morgan fingerprint density at radius 3 is 2.56 bits per heavy atom. The molecule has 2 fully saturated rings. The molecule has 32 heavy (non-hydrogen) atoms. The molecule has 3 unspecified atom stereocenters. The molecule has 1 aromatic carbocycles. The number of piperidine rings is 2. The Labute approximate surface area is 189 Å². The molecule has 3 N–H and O–H groups in total. The lowest BCUT2D eigenvalue weighted by Crippen LogP contribution is -2.46. The van der Waals surface area contributed by atoms with E-state index in [0.717, 1.165) is 42.5 Å². The first kappa shape index (κ1) is 23.2. The fourth-order valence-electron chi connectivity index (χ4n) is 4.99. The van der Waals surface area contributed by atoms with Crippen LogP contribution in [0.1, 0.15) is 69.5 Å². The summed E-state index contributed by atoms with van der Waals surface area (Å²) in [7, 11) is 1.94. The Balaban J connectivity index is 1.43. The maximum absolute atomic E-state index is 12.1. The van der Waals surface area contributed by atoms with Gasteiger partial charge in [0.05, 0.1) is 17.8 Å². The van der Waals surface area contributed by atoms with Crippen LogP contribution in [0.3, 0.4) is 0 Å². The topological polar surface area (TPSA) is 99.9 Å². The summed E-state index contributed by atoms with van der Waals surface area (Å²) in [4.78, 5) is 14.3. The van der Waals surface area contributed by atoms with Crippen LogP contribution in [0.5, 0.6) is 0 Å². The highest BCUT2D eigenvalue weighted by molar-refractivity contribution is 5.83. The van der Waals surface area contributed by atoms with Crippen LogP contribution in [0.4, 0.5) is 0 Å². The third-order valence-corrected chi connectivity index (χ3v) is 6.58. The lowest BCUT2D eigenvalue weighted by molar-refractivity contribution is -0.156. The van der Waals surface area contributed by atoms with Gasteiger partial charge < -0.3 is 14.9 Å². The molecule has 3 atom stereocenters. The predicted octanol–water partition coefficient (Wildman–Crippen LogP) is 2.20. The van der Waals surface area contributed by atoms with E-state index in [1.165, 1.54) is 5.56 Å². The summed E-state index contributed by atoms with van der Waals surface area (Å²) in [5.41, 5.74) is 2.79. The molecule has 2 aliphatic rings. The lowest BCUT2D eigenvalue weighted by Gasteiger charge is -2.32. The number of carbonyl (C=O) groups is 1. The van der Waals surface area contributed by atoms with E-state index in [1.54, 1.807) is 0 Å². The van der Waals surface area contributed by atoms with E-state index >= 15 is 0 Å². The number of nitrogens with one attached hydrogen (secondary N) is 1. The minimum absolute atomic E-state index is 0.135. The Hall–Kier alpha value is -2.00. The molecule has 1 aromatic heterocycles. The summed E-state index contributed by atoms with van der Waals surface area (Å²) in [5.74, 6) is 0.153. The fourth-order valence-corrected chi connectivity index (χ4v) is 4.99. The number of carbonyl (C=O) groups excluding carboxylic acids is 1. The number of aromatic nitrogens is 2. The van der Waals surface area contributed by atoms with Gasteiger partial charge in [0.25, 0.3) is 0 Å². The summed E-state index contributed by atoms with van der Waals surface area (Å²) in [5, 5.41) is 28.7. The molecule has 3 heterocycles. The zero-order chi connectivity index (χ0) is 23.0. The van der Waals surface area contributed by atoms with Crippen LogP contribution in [-0.2, 0) is 16.6 Å². The maximum Gasteiger partial charge on any atom is 0.320 e. The number of ether oxygens (including phenoxy) is 1. The van der Waals surface area contributed by atoms with Crippen molar-refractivity contribution in [2.24, 2.45) is 7.05 Å². The minimum Gasteiger partial charge on any atom is -0.459 e. The van der Waals surface area contributed by atoms with Gasteiger partial charge in [-0.25, -0.2) is 0 Å². The molecule has 8 heteroatoms. The number of hydrogen-bond acceptors (Lipinski definition) is 7. The highest BCUT2D eigenvalue weighted by Crippen LogP contribution is 2.35. The van der Waals surface area contributed by atoms with Crippen LogP contribution in [0, 0.1) is 0 Å². The van der Waals surface area contributed by atoms with Gasteiger partial charge in [-0.1, -0.05) is 12.1 Å². The summed E-state index contributed by atoms with van der Waals surface area (Å²) >= 11 is 0. The predicted molar refractivity (Wildman–Crippen MR) is 122 cm³/mol. The van der Waals surface area contributed by atoms with Gasteiger partial charge >= 0.3 is 5.97 Å². The summed E-state index contributed by atoms with van der Waals surface area (Å²) in [6, 6.07) is 6.52. The van der Waals surface area contributed by atoms with Crippen molar-refractivity contribution in [3.63, 3.8) is 0 Å². The average Bonchev–Trinajstić information content (AvgIpc) is 3.03. The van der Waals surface area contributed by atoms with Crippen molar-refractivity contribution in [1.29, 1.82) is 0 Å². The van der Waals surface area contributed by atoms with E-state index in [1.807, 2.05) is 32.5 Å². The summed E-state index contributed by atoms with van der Waals surface area (Å²) in [6.07, 6.45) is 1.83. The summed E-state index contributed by atoms with van der Waals surface area (Å²) in [6.45, 7) is 7.78. The van der Waals surface area contributed by atoms with Gasteiger partial charge in [0, 0.05) is 18.4 Å². The van der Waals surface area contributed by atoms with Crippen molar-refractivity contribution < 1.29 is 19.7 Å². The molecule has 0 amide bonds. The lowest BCUT2D eigenvalue weighted by atomic mass is 9.87. The number of aryl methyl sites for hydroxylation is 1. The van der Waals surface area contributed by atoms with Crippen molar-refractivity contribution >= 4 is 16.9 Å². The highest BCUT2D eigenvalue weighted by Gasteiger charge is 2.32. The molecule has 0 spiro atoms. The van der Waals surface area contributed by atoms with Crippen molar-refractivity contribution in [3.8, 4) is 0 Å². The molecule has 176 valence electrons. The zero-order valence-electron chi connectivity index (χ0n) is 19.5. The minimum atomic E-state index is -0.800. The molecule has 2 saturated heterocycles. The Kier molecular flexibility index (Phi) is 6.58. The standard InChI is InChI=1S/C24H36N4O4/c1-24(2,3)32-21(30)14-28-11-9-15(10-12-28)16-5-6-17-19(13-16)27(4)26-22(17)18-7-8-20(29)25-23(18)31/h5-6,13,15,18,20,23,25,29,31H,7-12,14H2,1-4H3. The van der Waals surface area contributed by atoms with E-state index in [2.05, 4.69) is 28.4 Å². The van der Waals surface area contributed by atoms with E-state index < -0.39 is 18.1 Å². The van der Waals surface area contributed by atoms with Crippen LogP contribution in [0.25, 0.3) is 10.9 Å². The van der Waals surface area contributed by atoms with Gasteiger partial charge in [-0.3, -0.25) is 19.7 Å². The third-order valence-electron chi connectivity index (χ3n) is 6.58. The number of hydrogen-bond donors (Lipinski definition) is 3. The van der Waals surface area contributed by atoms with Gasteiger partial charge in [0.2, 0.25) is 0 Å². The van der Waals surface area contributed by atoms with Gasteiger partial charge in [-0.05, 0) is 77.1 Å². The molecule has 0 saturated carbocycles. The first-order valence-electron chi connectivity index (χ1n) is 11.6. The number of nitrogens with zero attached hydrogens (tertiary/aromatic N) is 3. The molecular formula is C24H36N4O4. The van der Waals surface area contributed by atoms with Crippen LogP contribution in [0.2, 0.25) is 0 Å². The van der Waals surface area contributed by atoms with E-state index in [9.17, 15) is 15.0 Å². The largest absolute Gasteiger partial charge is 0.459 e. The molecule has 0 radical (unpaired) electrons. The van der Waals surface area contributed by atoms with Crippen LogP contribution in [-0.4, -0.2) is 68.6 Å². The SMILES string of the molecule is Cn1nc(C2CCC(O)NC2O)c2ccc(C3CCN(CC(=O)OC(C)(C)C)CC3)cc21. The molecule has 4 rings (SSSR count). The second-order valence-electron chi connectivity index (χ2n) is 10.2. The second-order valence-corrected chi connectivity index (χ2v) is 10.2. The first-order chi connectivity index (χ1) is 15.1. The van der Waals surface area contributed by atoms with E-state index in [4.69, 9.17) is 9.84 Å². The Morgan fingerprint density at radius 2 is 1.91 bits per heavy atom. The Bertz CT molecular complexity index is 959. The quantitative estimate of drug-likeness (QED) is 0.622. The molecule has 0 aliphatic carbocycles. The van der Waals surface area contributed by atoms with Crippen molar-refractivity contribution in [1.82, 2.24) is 20.0 Å². The zero-order valence-corrected chi connectivity index (χ0v) is 19.5. The number of aliphatic hydroxyl groups is 2. The van der Waals surface area contributed by atoms with E-state index in [-0.39, 0.29) is 11.9 Å². The van der Waals surface area contributed by atoms with Crippen LogP contribution < -0.4 is 5.32 Å². The second kappa shape index (κ2) is 9.09. The Morgan fingerprint density at radius 1 is 1.19 bits per heavy atom. The van der Waals surface area contributed by atoms with Crippen LogP contribution >= 0.6 is 0 Å². The average molecular weight is 445 g/mol. The van der Waals surface area contributed by atoms with Crippen molar-refractivity contribution in [2.75, 3.05) is 19.6 Å². The number of rotatable bonds is 4. The smallest absolute Gasteiger partial charge is 0.320 e. The highest BCUT2D eigenvalue weighted by atomic mass is 16.6. The molecular weight excluding hydrogens is 408 g/mol. The number of fused-ring (bicyclic) bond motifs is 1. The number of aliphatic hydroxyl groups excluding tert-OH is 2. The van der Waals surface area contributed by atoms with Crippen molar-refractivity contribution in [2.45, 2.75) is 76.3 Å². The summed E-state index contributed by atoms with van der Waals surface area (Å²) < 4.78 is 7.34. The third kappa shape index (κ3) is 5.14. The molecule has 2 aliphatic heterocycles. The molecule has 2 aromatic rings. The fraction of sp³-hybridized carbons (Fsp3) is 0.667. The molecule has 0 bridgehead atoms. The van der Waals surface area contributed by atoms with Gasteiger partial charge in [-0.15, -0.1) is 0 Å². The number of esters is 1. The molecule has 8 nitrogen and oxygen atoms in total. The van der Waals surface area contributed by atoms with Crippen LogP contribution in [0.15, 0.2) is 18.2 Å². The van der Waals surface area contributed by atoms with E-state index in [0.29, 0.717) is 25.3 Å². The van der Waals surface area contributed by atoms with Crippen molar-refractivity contribution in [3.05, 3.63) is 29.5 Å². The van der Waals surface area contributed by atoms with Gasteiger partial charge in [0.1, 0.15) is 18.1 Å². The van der Waals surface area contributed by atoms with Gasteiger partial charge in [-0.2, -0.15) is 5.10 Å². The normalized spacial score (nSPS) is 25.9. The van der Waals surface area contributed by atoms with Gasteiger partial charge in [0.15, 0.2) is 0 Å². The first-order valence-corrected chi connectivity index (χ1v) is 11.6. The maximum atomic E-state index is 12.1. The monoisotopic (exact) mass is 444 g/mol. The number of benzene rings is 1. The number of likely N-dealkylation sites (tertiary alicyclic amines) is 1.